The number of hydrogen-bond acceptors (Lipinski definition) is 6. The van der Waals surface area contributed by atoms with Gasteiger partial charge in [-0.2, -0.15) is 0 Å². The molecule has 6 aliphatic heterocycles. The van der Waals surface area contributed by atoms with Crippen LogP contribution in [0.5, 0.6) is 5.75 Å². The van der Waals surface area contributed by atoms with E-state index in [0.717, 1.165) is 85.8 Å². The second-order valence-corrected chi connectivity index (χ2v) is 9.71. The molecule has 0 aliphatic carbocycles. The highest BCUT2D eigenvalue weighted by atomic mass is 16.5. The lowest BCUT2D eigenvalue weighted by Crippen LogP contribution is -2.48. The summed E-state index contributed by atoms with van der Waals surface area (Å²) in [6, 6.07) is 20.6. The molecule has 8 bridgehead atoms. The molecular formula is C29H32N6O2. The standard InChI is InChI=1S/C29H32N6O2/c36-28-5-3-1-2-4-20-37-26-13-6-22(7-14-26)27-15-12-25-21-30-29(32-35(25)27)31-23-8-10-24(11-9-23)33-16-18-34(28)19-17-33/h6-15,21H,1-5,16-20H2,(H,31,32). The number of ether oxygens (including phenoxy) is 1. The highest BCUT2D eigenvalue weighted by Crippen LogP contribution is 2.26. The quantitative estimate of drug-likeness (QED) is 0.364. The molecule has 1 N–H and O–H groups in total. The highest BCUT2D eigenvalue weighted by Gasteiger charge is 2.21. The van der Waals surface area contributed by atoms with Crippen molar-refractivity contribution in [3.05, 3.63) is 66.9 Å². The van der Waals surface area contributed by atoms with Gasteiger partial charge >= 0.3 is 0 Å². The van der Waals surface area contributed by atoms with Crippen molar-refractivity contribution in [2.75, 3.05) is 43.0 Å². The number of benzene rings is 2. The van der Waals surface area contributed by atoms with Gasteiger partial charge in [0.25, 0.3) is 0 Å². The Hall–Kier alpha value is -4.07. The SMILES string of the molecule is O=C1CCCCCCOc2ccc(cc2)-c2ccc3cnc(nn23)Nc2ccc(cc2)N2CCN1CC2. The number of rotatable bonds is 0. The molecule has 0 spiro atoms. The monoisotopic (exact) mass is 496 g/mol. The van der Waals surface area contributed by atoms with Gasteiger partial charge in [-0.3, -0.25) is 4.79 Å². The summed E-state index contributed by atoms with van der Waals surface area (Å²) in [4.78, 5) is 21.5. The highest BCUT2D eigenvalue weighted by molar-refractivity contribution is 5.76. The van der Waals surface area contributed by atoms with Gasteiger partial charge < -0.3 is 19.9 Å². The van der Waals surface area contributed by atoms with E-state index >= 15 is 0 Å². The molecule has 6 aliphatic rings. The number of anilines is 3. The van der Waals surface area contributed by atoms with E-state index in [9.17, 15) is 4.79 Å². The fourth-order valence-corrected chi connectivity index (χ4v) is 5.08. The fraction of sp³-hybridized carbons (Fsp3) is 0.345. The Balaban J connectivity index is 1.25. The van der Waals surface area contributed by atoms with Gasteiger partial charge in [0.2, 0.25) is 11.9 Å². The topological polar surface area (TPSA) is 75.0 Å². The summed E-state index contributed by atoms with van der Waals surface area (Å²) in [5, 5.41) is 8.09. The van der Waals surface area contributed by atoms with Crippen LogP contribution in [0.2, 0.25) is 0 Å². The molecule has 8 heterocycles. The van der Waals surface area contributed by atoms with Crippen molar-refractivity contribution in [3.8, 4) is 17.0 Å². The number of hydrogen-bond donors (Lipinski definition) is 1. The van der Waals surface area contributed by atoms with Crippen molar-refractivity contribution < 1.29 is 9.53 Å². The smallest absolute Gasteiger partial charge is 0.245 e. The first-order chi connectivity index (χ1) is 18.2. The van der Waals surface area contributed by atoms with Gasteiger partial charge in [-0.05, 0) is 73.5 Å². The molecule has 1 amide bonds. The largest absolute Gasteiger partial charge is 0.494 e. The lowest BCUT2D eigenvalue weighted by atomic mass is 10.1. The zero-order chi connectivity index (χ0) is 25.0. The van der Waals surface area contributed by atoms with Crippen molar-refractivity contribution in [2.24, 2.45) is 0 Å². The van der Waals surface area contributed by atoms with Crippen LogP contribution in [0.25, 0.3) is 16.8 Å². The average Bonchev–Trinajstić information content (AvgIpc) is 3.36. The number of piperazine rings is 1. The zero-order valence-corrected chi connectivity index (χ0v) is 21.0. The molecule has 0 saturated carbocycles. The van der Waals surface area contributed by atoms with Crippen LogP contribution in [-0.2, 0) is 4.79 Å². The van der Waals surface area contributed by atoms with Gasteiger partial charge in [0, 0.05) is 49.5 Å². The number of carbonyl (C=O) groups is 1. The molecule has 4 aromatic rings. The summed E-state index contributed by atoms with van der Waals surface area (Å²) in [6.45, 7) is 3.94. The Morgan fingerprint density at radius 2 is 1.54 bits per heavy atom. The number of carbonyl (C=O) groups excluding carboxylic acids is 1. The molecule has 8 nitrogen and oxygen atoms in total. The molecule has 2 aromatic carbocycles. The maximum atomic E-state index is 12.7. The summed E-state index contributed by atoms with van der Waals surface area (Å²) in [5.41, 5.74) is 5.10. The average molecular weight is 497 g/mol. The number of nitrogens with one attached hydrogen (secondary N) is 1. The molecule has 1 saturated heterocycles. The van der Waals surface area contributed by atoms with Crippen molar-refractivity contribution in [1.29, 1.82) is 0 Å². The second kappa shape index (κ2) is 10.5. The van der Waals surface area contributed by atoms with Crippen LogP contribution < -0.4 is 15.0 Å². The van der Waals surface area contributed by atoms with Crippen LogP contribution in [0.15, 0.2) is 66.9 Å². The first kappa shape index (κ1) is 23.3. The summed E-state index contributed by atoms with van der Waals surface area (Å²) < 4.78 is 7.87. The van der Waals surface area contributed by atoms with E-state index in [-0.39, 0.29) is 5.91 Å². The normalized spacial score (nSPS) is 17.0. The first-order valence-electron chi connectivity index (χ1n) is 13.2. The zero-order valence-electron chi connectivity index (χ0n) is 21.0. The van der Waals surface area contributed by atoms with E-state index in [1.165, 1.54) is 0 Å². The van der Waals surface area contributed by atoms with Gasteiger partial charge in [-0.1, -0.05) is 12.8 Å². The van der Waals surface area contributed by atoms with E-state index in [1.54, 1.807) is 0 Å². The van der Waals surface area contributed by atoms with Crippen LogP contribution in [0.1, 0.15) is 32.1 Å². The number of amides is 1. The molecule has 10 rings (SSSR count). The van der Waals surface area contributed by atoms with Gasteiger partial charge in [-0.15, -0.1) is 5.10 Å². The third kappa shape index (κ3) is 5.23. The Morgan fingerprint density at radius 1 is 0.784 bits per heavy atom. The summed E-state index contributed by atoms with van der Waals surface area (Å²) >= 11 is 0. The molecule has 0 radical (unpaired) electrons. The van der Waals surface area contributed by atoms with Crippen LogP contribution >= 0.6 is 0 Å². The van der Waals surface area contributed by atoms with Crippen LogP contribution in [-0.4, -0.2) is 58.2 Å². The van der Waals surface area contributed by atoms with E-state index in [0.29, 0.717) is 19.0 Å². The Labute approximate surface area is 216 Å². The molecule has 2 aromatic heterocycles. The molecule has 1 fully saturated rings. The summed E-state index contributed by atoms with van der Waals surface area (Å²) in [5.74, 6) is 1.68. The maximum Gasteiger partial charge on any atom is 0.245 e. The second-order valence-electron chi connectivity index (χ2n) is 9.71. The summed E-state index contributed by atoms with van der Waals surface area (Å²) in [6.07, 6.45) is 6.53. The number of fused-ring (bicyclic) bond motifs is 1. The van der Waals surface area contributed by atoms with Crippen molar-refractivity contribution in [2.45, 2.75) is 32.1 Å². The molecule has 190 valence electrons. The molecular weight excluding hydrogens is 464 g/mol. The van der Waals surface area contributed by atoms with Gasteiger partial charge in [-0.25, -0.2) is 9.50 Å². The Kier molecular flexibility index (Phi) is 6.62. The van der Waals surface area contributed by atoms with Crippen LogP contribution in [0.4, 0.5) is 17.3 Å². The minimum absolute atomic E-state index is 0.281. The molecule has 37 heavy (non-hydrogen) atoms. The Bertz CT molecular complexity index is 1360. The molecule has 0 unspecified atom stereocenters. The Morgan fingerprint density at radius 3 is 2.35 bits per heavy atom. The van der Waals surface area contributed by atoms with Gasteiger partial charge in [0.05, 0.1) is 24.0 Å². The van der Waals surface area contributed by atoms with Gasteiger partial charge in [0.1, 0.15) is 5.75 Å². The van der Waals surface area contributed by atoms with Crippen molar-refractivity contribution in [1.82, 2.24) is 19.5 Å². The molecule has 0 atom stereocenters. The number of aromatic nitrogens is 3. The molecule has 8 heteroatoms. The van der Waals surface area contributed by atoms with Crippen molar-refractivity contribution in [3.63, 3.8) is 0 Å². The lowest BCUT2D eigenvalue weighted by molar-refractivity contribution is -0.131. The minimum atomic E-state index is 0.281. The predicted molar refractivity (Wildman–Crippen MR) is 146 cm³/mol. The van der Waals surface area contributed by atoms with E-state index in [4.69, 9.17) is 9.84 Å². The van der Waals surface area contributed by atoms with Crippen molar-refractivity contribution >= 4 is 28.7 Å². The van der Waals surface area contributed by atoms with Crippen LogP contribution in [0.3, 0.4) is 0 Å². The third-order valence-electron chi connectivity index (χ3n) is 7.22. The van der Waals surface area contributed by atoms with E-state index < -0.39 is 0 Å². The summed E-state index contributed by atoms with van der Waals surface area (Å²) in [7, 11) is 0. The minimum Gasteiger partial charge on any atom is -0.494 e. The first-order valence-corrected chi connectivity index (χ1v) is 13.2. The lowest BCUT2D eigenvalue weighted by Gasteiger charge is -2.36. The fourth-order valence-electron chi connectivity index (χ4n) is 5.08. The predicted octanol–water partition coefficient (Wildman–Crippen LogP) is 5.13. The third-order valence-corrected chi connectivity index (χ3v) is 7.22. The maximum absolute atomic E-state index is 12.7. The van der Waals surface area contributed by atoms with Gasteiger partial charge in [0.15, 0.2) is 0 Å². The van der Waals surface area contributed by atoms with E-state index in [2.05, 4.69) is 57.7 Å². The van der Waals surface area contributed by atoms with E-state index in [1.807, 2.05) is 33.8 Å². The number of nitrogens with zero attached hydrogens (tertiary/aromatic N) is 5. The van der Waals surface area contributed by atoms with Crippen LogP contribution in [0, 0.1) is 0 Å².